The van der Waals surface area contributed by atoms with Crippen LogP contribution in [-0.4, -0.2) is 49.5 Å². The summed E-state index contributed by atoms with van der Waals surface area (Å²) in [7, 11) is 0. The molecule has 1 aliphatic heterocycles. The summed E-state index contributed by atoms with van der Waals surface area (Å²) < 4.78 is 5.23. The normalized spacial score (nSPS) is 19.5. The van der Waals surface area contributed by atoms with Crippen LogP contribution in [0.2, 0.25) is 0 Å². The molecule has 0 aromatic carbocycles. The van der Waals surface area contributed by atoms with E-state index in [0.717, 1.165) is 39.3 Å². The standard InChI is InChI=1S/C9H19NO2/c1-2-12-5-3-4-10-6-9(7-10)8-11/h9,11H,2-8H2,1H3. The Labute approximate surface area is 74.3 Å². The average Bonchev–Trinajstić information content (AvgIpc) is 2.01. The maximum Gasteiger partial charge on any atom is 0.0483 e. The molecule has 72 valence electrons. The summed E-state index contributed by atoms with van der Waals surface area (Å²) in [6, 6.07) is 0. The fraction of sp³-hybridized carbons (Fsp3) is 1.00. The van der Waals surface area contributed by atoms with Crippen LogP contribution >= 0.6 is 0 Å². The highest BCUT2D eigenvalue weighted by Gasteiger charge is 2.24. The quantitative estimate of drug-likeness (QED) is 0.588. The molecule has 1 aliphatic rings. The van der Waals surface area contributed by atoms with Gasteiger partial charge in [-0.15, -0.1) is 0 Å². The number of ether oxygens (including phenoxy) is 1. The van der Waals surface area contributed by atoms with Crippen molar-refractivity contribution in [3.63, 3.8) is 0 Å². The molecular formula is C9H19NO2. The first-order valence-electron chi connectivity index (χ1n) is 4.77. The van der Waals surface area contributed by atoms with Crippen LogP contribution in [0.1, 0.15) is 13.3 Å². The summed E-state index contributed by atoms with van der Waals surface area (Å²) in [5.41, 5.74) is 0. The first kappa shape index (κ1) is 9.96. The second-order valence-corrected chi connectivity index (χ2v) is 3.36. The number of rotatable bonds is 6. The number of aliphatic hydroxyl groups is 1. The van der Waals surface area contributed by atoms with Gasteiger partial charge in [0, 0.05) is 45.4 Å². The number of likely N-dealkylation sites (tertiary alicyclic amines) is 1. The van der Waals surface area contributed by atoms with E-state index >= 15 is 0 Å². The lowest BCUT2D eigenvalue weighted by molar-refractivity contribution is 0.0439. The molecule has 0 aliphatic carbocycles. The van der Waals surface area contributed by atoms with E-state index in [1.165, 1.54) is 0 Å². The van der Waals surface area contributed by atoms with Crippen molar-refractivity contribution in [3.8, 4) is 0 Å². The van der Waals surface area contributed by atoms with Crippen molar-refractivity contribution in [2.45, 2.75) is 13.3 Å². The Morgan fingerprint density at radius 2 is 2.25 bits per heavy atom. The third-order valence-electron chi connectivity index (χ3n) is 2.26. The molecule has 0 amide bonds. The minimum absolute atomic E-state index is 0.349. The Hall–Kier alpha value is -0.120. The molecule has 1 N–H and O–H groups in total. The second kappa shape index (κ2) is 5.51. The molecule has 12 heavy (non-hydrogen) atoms. The first-order chi connectivity index (χ1) is 5.86. The first-order valence-corrected chi connectivity index (χ1v) is 4.77. The van der Waals surface area contributed by atoms with Gasteiger partial charge in [-0.2, -0.15) is 0 Å². The van der Waals surface area contributed by atoms with E-state index in [9.17, 15) is 0 Å². The van der Waals surface area contributed by atoms with Crippen molar-refractivity contribution >= 4 is 0 Å². The summed E-state index contributed by atoms with van der Waals surface area (Å²) >= 11 is 0. The van der Waals surface area contributed by atoms with E-state index < -0.39 is 0 Å². The van der Waals surface area contributed by atoms with Gasteiger partial charge >= 0.3 is 0 Å². The van der Waals surface area contributed by atoms with Crippen LogP contribution < -0.4 is 0 Å². The predicted octanol–water partition coefficient (Wildman–Crippen LogP) is 0.337. The van der Waals surface area contributed by atoms with Crippen molar-refractivity contribution in [1.29, 1.82) is 0 Å². The van der Waals surface area contributed by atoms with Gasteiger partial charge in [-0.05, 0) is 13.3 Å². The van der Waals surface area contributed by atoms with Gasteiger partial charge in [0.15, 0.2) is 0 Å². The number of aliphatic hydroxyl groups excluding tert-OH is 1. The molecule has 0 bridgehead atoms. The highest BCUT2D eigenvalue weighted by Crippen LogP contribution is 2.14. The van der Waals surface area contributed by atoms with Crippen LogP contribution in [0.15, 0.2) is 0 Å². The minimum atomic E-state index is 0.349. The van der Waals surface area contributed by atoms with E-state index in [4.69, 9.17) is 9.84 Å². The third kappa shape index (κ3) is 3.09. The number of hydrogen-bond acceptors (Lipinski definition) is 3. The van der Waals surface area contributed by atoms with Crippen LogP contribution in [0.4, 0.5) is 0 Å². The van der Waals surface area contributed by atoms with Crippen LogP contribution in [0.5, 0.6) is 0 Å². The molecule has 1 heterocycles. The minimum Gasteiger partial charge on any atom is -0.396 e. The Kier molecular flexibility index (Phi) is 4.58. The van der Waals surface area contributed by atoms with E-state index in [1.807, 2.05) is 6.92 Å². The molecule has 0 unspecified atom stereocenters. The highest BCUT2D eigenvalue weighted by molar-refractivity contribution is 4.78. The Balaban J connectivity index is 1.83. The molecule has 1 rings (SSSR count). The molecule has 3 nitrogen and oxygen atoms in total. The van der Waals surface area contributed by atoms with Crippen LogP contribution in [0.3, 0.4) is 0 Å². The third-order valence-corrected chi connectivity index (χ3v) is 2.26. The Bertz CT molecular complexity index is 113. The lowest BCUT2D eigenvalue weighted by Crippen LogP contribution is -2.48. The van der Waals surface area contributed by atoms with Gasteiger partial charge < -0.3 is 14.7 Å². The summed E-state index contributed by atoms with van der Waals surface area (Å²) in [6.45, 7) is 7.32. The molecule has 0 spiro atoms. The molecule has 0 atom stereocenters. The maximum atomic E-state index is 8.76. The summed E-state index contributed by atoms with van der Waals surface area (Å²) in [5.74, 6) is 0.539. The van der Waals surface area contributed by atoms with E-state index in [1.54, 1.807) is 0 Å². The van der Waals surface area contributed by atoms with E-state index in [0.29, 0.717) is 12.5 Å². The van der Waals surface area contributed by atoms with Crippen molar-refractivity contribution in [2.24, 2.45) is 5.92 Å². The van der Waals surface area contributed by atoms with Gasteiger partial charge in [0.1, 0.15) is 0 Å². The van der Waals surface area contributed by atoms with Crippen molar-refractivity contribution in [1.82, 2.24) is 4.90 Å². The predicted molar refractivity (Wildman–Crippen MR) is 48.1 cm³/mol. The van der Waals surface area contributed by atoms with Gasteiger partial charge in [0.25, 0.3) is 0 Å². The van der Waals surface area contributed by atoms with Gasteiger partial charge in [-0.1, -0.05) is 0 Å². The lowest BCUT2D eigenvalue weighted by Gasteiger charge is -2.38. The van der Waals surface area contributed by atoms with Crippen LogP contribution in [-0.2, 0) is 4.74 Å². The van der Waals surface area contributed by atoms with Gasteiger partial charge in [0.2, 0.25) is 0 Å². The molecule has 3 heteroatoms. The fourth-order valence-electron chi connectivity index (χ4n) is 1.51. The maximum absolute atomic E-state index is 8.76. The number of nitrogens with zero attached hydrogens (tertiary/aromatic N) is 1. The highest BCUT2D eigenvalue weighted by atomic mass is 16.5. The zero-order valence-corrected chi connectivity index (χ0v) is 7.83. The van der Waals surface area contributed by atoms with Crippen molar-refractivity contribution in [3.05, 3.63) is 0 Å². The van der Waals surface area contributed by atoms with Crippen LogP contribution in [0, 0.1) is 5.92 Å². The smallest absolute Gasteiger partial charge is 0.0483 e. The zero-order valence-electron chi connectivity index (χ0n) is 7.83. The molecular weight excluding hydrogens is 154 g/mol. The molecule has 1 fully saturated rings. The second-order valence-electron chi connectivity index (χ2n) is 3.36. The van der Waals surface area contributed by atoms with E-state index in [-0.39, 0.29) is 0 Å². The molecule has 0 radical (unpaired) electrons. The summed E-state index contributed by atoms with van der Waals surface area (Å²) in [5, 5.41) is 8.76. The summed E-state index contributed by atoms with van der Waals surface area (Å²) in [6.07, 6.45) is 1.12. The van der Waals surface area contributed by atoms with Crippen molar-refractivity contribution in [2.75, 3.05) is 39.5 Å². The van der Waals surface area contributed by atoms with Gasteiger partial charge in [-0.25, -0.2) is 0 Å². The fourth-order valence-corrected chi connectivity index (χ4v) is 1.51. The van der Waals surface area contributed by atoms with Gasteiger partial charge in [-0.3, -0.25) is 0 Å². The SMILES string of the molecule is CCOCCCN1CC(CO)C1. The molecule has 1 saturated heterocycles. The largest absolute Gasteiger partial charge is 0.396 e. The summed E-state index contributed by atoms with van der Waals surface area (Å²) in [4.78, 5) is 2.36. The average molecular weight is 173 g/mol. The Morgan fingerprint density at radius 3 is 2.83 bits per heavy atom. The topological polar surface area (TPSA) is 32.7 Å². The van der Waals surface area contributed by atoms with Crippen molar-refractivity contribution < 1.29 is 9.84 Å². The van der Waals surface area contributed by atoms with E-state index in [2.05, 4.69) is 4.90 Å². The monoisotopic (exact) mass is 173 g/mol. The molecule has 0 saturated carbocycles. The molecule has 0 aromatic heterocycles. The Morgan fingerprint density at radius 1 is 1.50 bits per heavy atom. The van der Waals surface area contributed by atoms with Crippen LogP contribution in [0.25, 0.3) is 0 Å². The molecule has 0 aromatic rings. The lowest BCUT2D eigenvalue weighted by atomic mass is 10.0. The zero-order chi connectivity index (χ0) is 8.81. The van der Waals surface area contributed by atoms with Gasteiger partial charge in [0.05, 0.1) is 0 Å². The number of hydrogen-bond donors (Lipinski definition) is 1.